The molecule has 3 aliphatic rings. The molecule has 0 radical (unpaired) electrons. The maximum absolute atomic E-state index is 13.5. The van der Waals surface area contributed by atoms with Crippen molar-refractivity contribution in [2.45, 2.75) is 89.0 Å². The van der Waals surface area contributed by atoms with E-state index in [1.807, 2.05) is 13.8 Å². The molecule has 3 fully saturated rings. The Hall–Kier alpha value is -2.69. The fourth-order valence-electron chi connectivity index (χ4n) is 5.07. The molecule has 3 N–H and O–H groups in total. The van der Waals surface area contributed by atoms with Gasteiger partial charge in [0, 0.05) is 31.7 Å². The summed E-state index contributed by atoms with van der Waals surface area (Å²) in [5, 5.41) is 2.89. The van der Waals surface area contributed by atoms with Crippen LogP contribution in [0.15, 0.2) is 0 Å². The molecular weight excluding hydrogens is 442 g/mol. The van der Waals surface area contributed by atoms with Crippen molar-refractivity contribution in [1.82, 2.24) is 20.0 Å². The first-order valence-electron chi connectivity index (χ1n) is 12.3. The van der Waals surface area contributed by atoms with Gasteiger partial charge in [-0.3, -0.25) is 19.2 Å². The van der Waals surface area contributed by atoms with E-state index in [0.717, 1.165) is 19.3 Å². The highest BCUT2D eigenvalue weighted by Crippen LogP contribution is 2.25. The van der Waals surface area contributed by atoms with Gasteiger partial charge in [-0.25, -0.2) is 4.79 Å². The van der Waals surface area contributed by atoms with Crippen LogP contribution in [0.4, 0.5) is 0 Å². The van der Waals surface area contributed by atoms with Gasteiger partial charge in [0.1, 0.15) is 24.7 Å². The third-order valence-electron chi connectivity index (χ3n) is 6.72. The SMILES string of the molecule is CC(C)NC(=O)C1CCCCN1C(=O)C1CC(N)CN1C(=O)CCOC(=O)C1CCCN1C=O. The van der Waals surface area contributed by atoms with Gasteiger partial charge in [0.25, 0.3) is 0 Å². The Morgan fingerprint density at radius 1 is 1.03 bits per heavy atom. The number of ether oxygens (including phenoxy) is 1. The van der Waals surface area contributed by atoms with E-state index in [-0.39, 0.29) is 49.4 Å². The second-order valence-corrected chi connectivity index (χ2v) is 9.68. The predicted octanol–water partition coefficient (Wildman–Crippen LogP) is -0.626. The maximum Gasteiger partial charge on any atom is 0.328 e. The van der Waals surface area contributed by atoms with Crippen LogP contribution in [0.3, 0.4) is 0 Å². The van der Waals surface area contributed by atoms with E-state index in [9.17, 15) is 24.0 Å². The highest BCUT2D eigenvalue weighted by Gasteiger charge is 2.43. The van der Waals surface area contributed by atoms with Crippen LogP contribution in [0, 0.1) is 0 Å². The van der Waals surface area contributed by atoms with Gasteiger partial charge in [-0.15, -0.1) is 0 Å². The minimum absolute atomic E-state index is 0.0325. The van der Waals surface area contributed by atoms with Gasteiger partial charge < -0.3 is 30.5 Å². The van der Waals surface area contributed by atoms with E-state index < -0.39 is 24.1 Å². The molecule has 0 bridgehead atoms. The molecule has 4 atom stereocenters. The van der Waals surface area contributed by atoms with Gasteiger partial charge in [-0.2, -0.15) is 0 Å². The van der Waals surface area contributed by atoms with Gasteiger partial charge in [-0.05, 0) is 52.4 Å². The third-order valence-corrected chi connectivity index (χ3v) is 6.72. The summed E-state index contributed by atoms with van der Waals surface area (Å²) >= 11 is 0. The highest BCUT2D eigenvalue weighted by molar-refractivity contribution is 5.93. The molecule has 34 heavy (non-hydrogen) atoms. The van der Waals surface area contributed by atoms with E-state index in [1.54, 1.807) is 4.90 Å². The Morgan fingerprint density at radius 2 is 1.76 bits per heavy atom. The monoisotopic (exact) mass is 479 g/mol. The lowest BCUT2D eigenvalue weighted by Gasteiger charge is -2.38. The molecule has 3 rings (SSSR count). The molecule has 3 saturated heterocycles. The van der Waals surface area contributed by atoms with Crippen LogP contribution in [0.25, 0.3) is 0 Å². The van der Waals surface area contributed by atoms with Crippen LogP contribution < -0.4 is 11.1 Å². The van der Waals surface area contributed by atoms with E-state index >= 15 is 0 Å². The number of carbonyl (C=O) groups excluding carboxylic acids is 5. The Labute approximate surface area is 200 Å². The van der Waals surface area contributed by atoms with Crippen molar-refractivity contribution in [3.8, 4) is 0 Å². The van der Waals surface area contributed by atoms with Crippen LogP contribution in [-0.4, -0.2) is 101 Å². The molecule has 190 valence electrons. The van der Waals surface area contributed by atoms with Crippen molar-refractivity contribution in [2.24, 2.45) is 5.73 Å². The molecule has 0 aliphatic carbocycles. The molecule has 3 heterocycles. The van der Waals surface area contributed by atoms with Crippen molar-refractivity contribution >= 4 is 30.1 Å². The van der Waals surface area contributed by atoms with Crippen molar-refractivity contribution in [3.05, 3.63) is 0 Å². The van der Waals surface area contributed by atoms with Crippen molar-refractivity contribution in [3.63, 3.8) is 0 Å². The van der Waals surface area contributed by atoms with Crippen LogP contribution in [0.1, 0.15) is 58.8 Å². The Morgan fingerprint density at radius 3 is 2.47 bits per heavy atom. The van der Waals surface area contributed by atoms with Gasteiger partial charge in [-0.1, -0.05) is 0 Å². The molecule has 0 saturated carbocycles. The zero-order valence-electron chi connectivity index (χ0n) is 20.1. The third kappa shape index (κ3) is 6.05. The van der Waals surface area contributed by atoms with Gasteiger partial charge in [0.05, 0.1) is 6.42 Å². The summed E-state index contributed by atoms with van der Waals surface area (Å²) in [7, 11) is 0. The lowest BCUT2D eigenvalue weighted by Crippen LogP contribution is -2.57. The summed E-state index contributed by atoms with van der Waals surface area (Å²) in [5.74, 6) is -1.27. The number of esters is 1. The number of carbonyl (C=O) groups is 5. The quantitative estimate of drug-likeness (QED) is 0.349. The standard InChI is InChI=1S/C23H37N5O6/c1-15(2)25-21(31)17-6-3-4-10-27(17)22(32)19-12-16(24)13-28(19)20(30)8-11-34-23(33)18-7-5-9-26(18)14-29/h14-19H,3-13,24H2,1-2H3,(H,25,31). The van der Waals surface area contributed by atoms with Gasteiger partial charge in [0.15, 0.2) is 0 Å². The van der Waals surface area contributed by atoms with E-state index in [0.29, 0.717) is 38.8 Å². The number of nitrogens with two attached hydrogens (primary N) is 1. The predicted molar refractivity (Wildman–Crippen MR) is 122 cm³/mol. The Balaban J connectivity index is 1.59. The minimum atomic E-state index is -0.731. The van der Waals surface area contributed by atoms with E-state index in [4.69, 9.17) is 10.5 Å². The smallest absolute Gasteiger partial charge is 0.328 e. The number of likely N-dealkylation sites (tertiary alicyclic amines) is 3. The first kappa shape index (κ1) is 25.9. The fourth-order valence-corrected chi connectivity index (χ4v) is 5.07. The zero-order valence-corrected chi connectivity index (χ0v) is 20.1. The Bertz CT molecular complexity index is 790. The number of hydrogen-bond donors (Lipinski definition) is 2. The summed E-state index contributed by atoms with van der Waals surface area (Å²) in [6.45, 7) is 4.84. The number of amides is 4. The topological polar surface area (TPSA) is 142 Å². The summed E-state index contributed by atoms with van der Waals surface area (Å²) in [6.07, 6.45) is 4.43. The van der Waals surface area contributed by atoms with Crippen molar-refractivity contribution in [1.29, 1.82) is 0 Å². The van der Waals surface area contributed by atoms with Crippen molar-refractivity contribution in [2.75, 3.05) is 26.2 Å². The molecule has 0 aromatic carbocycles. The summed E-state index contributed by atoms with van der Waals surface area (Å²) in [4.78, 5) is 66.8. The maximum atomic E-state index is 13.5. The molecule has 11 heteroatoms. The summed E-state index contributed by atoms with van der Waals surface area (Å²) < 4.78 is 5.25. The Kier molecular flexibility index (Phi) is 8.87. The summed E-state index contributed by atoms with van der Waals surface area (Å²) in [5.41, 5.74) is 6.10. The largest absolute Gasteiger partial charge is 0.464 e. The number of hydrogen-bond acceptors (Lipinski definition) is 7. The zero-order chi connectivity index (χ0) is 24.8. The minimum Gasteiger partial charge on any atom is -0.464 e. The molecule has 4 amide bonds. The molecule has 0 aromatic rings. The van der Waals surface area contributed by atoms with Crippen LogP contribution in [0.5, 0.6) is 0 Å². The lowest BCUT2D eigenvalue weighted by molar-refractivity contribution is -0.153. The van der Waals surface area contributed by atoms with E-state index in [1.165, 1.54) is 9.80 Å². The molecule has 0 spiro atoms. The number of rotatable bonds is 8. The van der Waals surface area contributed by atoms with Gasteiger partial charge >= 0.3 is 5.97 Å². The van der Waals surface area contributed by atoms with Crippen LogP contribution in [0.2, 0.25) is 0 Å². The number of nitrogens with one attached hydrogen (secondary N) is 1. The molecule has 11 nitrogen and oxygen atoms in total. The molecule has 0 aromatic heterocycles. The average molecular weight is 480 g/mol. The highest BCUT2D eigenvalue weighted by atomic mass is 16.5. The molecule has 4 unspecified atom stereocenters. The number of piperidine rings is 1. The van der Waals surface area contributed by atoms with Crippen LogP contribution in [-0.2, 0) is 28.7 Å². The molecule has 3 aliphatic heterocycles. The van der Waals surface area contributed by atoms with Crippen LogP contribution >= 0.6 is 0 Å². The average Bonchev–Trinajstić information content (AvgIpc) is 3.44. The number of nitrogens with zero attached hydrogens (tertiary/aromatic N) is 3. The second kappa shape index (κ2) is 11.6. The van der Waals surface area contributed by atoms with E-state index in [2.05, 4.69) is 5.32 Å². The first-order valence-corrected chi connectivity index (χ1v) is 12.3. The lowest BCUT2D eigenvalue weighted by atomic mass is 9.99. The fraction of sp³-hybridized carbons (Fsp3) is 0.783. The molecular formula is C23H37N5O6. The van der Waals surface area contributed by atoms with Crippen molar-refractivity contribution < 1.29 is 28.7 Å². The first-order chi connectivity index (χ1) is 16.2. The normalized spacial score (nSPS) is 27.1. The second-order valence-electron chi connectivity index (χ2n) is 9.68. The summed E-state index contributed by atoms with van der Waals surface area (Å²) in [6, 6.07) is -2.26. The van der Waals surface area contributed by atoms with Gasteiger partial charge in [0.2, 0.25) is 24.1 Å².